The van der Waals surface area contributed by atoms with E-state index in [1.165, 1.54) is 104 Å². The van der Waals surface area contributed by atoms with Crippen molar-refractivity contribution in [2.75, 3.05) is 7.11 Å². The molecule has 0 bridgehead atoms. The Morgan fingerprint density at radius 1 is 0.973 bits per heavy atom. The molecule has 0 spiro atoms. The molecule has 0 amide bonds. The molecule has 2 unspecified atom stereocenters. The number of cyclic esters (lactones) is 1. The Kier molecular flexibility index (Phi) is 20.1. The van der Waals surface area contributed by atoms with Gasteiger partial charge in [-0.25, -0.2) is 0 Å². The molecule has 1 aromatic rings. The predicted octanol–water partition coefficient (Wildman–Crippen LogP) is 9.13. The Labute approximate surface area is 228 Å². The lowest BCUT2D eigenvalue weighted by Crippen LogP contribution is -2.08. The summed E-state index contributed by atoms with van der Waals surface area (Å²) in [5.41, 5.74) is 2.44. The van der Waals surface area contributed by atoms with Crippen molar-refractivity contribution < 1.29 is 28.3 Å². The van der Waals surface area contributed by atoms with Crippen molar-refractivity contribution in [2.24, 2.45) is 0 Å². The summed E-state index contributed by atoms with van der Waals surface area (Å²) in [6.07, 6.45) is 22.1. The zero-order valence-electron chi connectivity index (χ0n) is 23.3. The number of rotatable bonds is 21. The Bertz CT molecular complexity index is 752. The molecule has 1 aliphatic rings. The number of carbonyl (C=O) groups excluding carboxylic acids is 1. The second kappa shape index (κ2) is 21.8. The highest BCUT2D eigenvalue weighted by Crippen LogP contribution is 2.60. The average Bonchev–Trinajstić information content (AvgIpc) is 3.57. The minimum atomic E-state index is -3.80. The number of nitrogens with zero attached hydrogens (tertiary/aromatic N) is 1. The third-order valence-electron chi connectivity index (χ3n) is 6.33. The molecule has 1 aromatic heterocycles. The molecule has 0 aliphatic carbocycles. The van der Waals surface area contributed by atoms with E-state index in [1.807, 2.05) is 5.38 Å². The normalized spacial score (nSPS) is 15.7. The van der Waals surface area contributed by atoms with E-state index >= 15 is 0 Å². The first kappa shape index (κ1) is 34.0. The predicted molar refractivity (Wildman–Crippen MR) is 151 cm³/mol. The molecular formula is C28H50NO6PS. The largest absolute Gasteiger partial charge is 0.418 e. The first-order valence-electron chi connectivity index (χ1n) is 14.2. The third-order valence-corrected chi connectivity index (χ3v) is 8.82. The van der Waals surface area contributed by atoms with Crippen LogP contribution in [0.15, 0.2) is 28.2 Å². The van der Waals surface area contributed by atoms with Crippen LogP contribution in [0.3, 0.4) is 0 Å². The molecule has 2 rings (SSSR count). The van der Waals surface area contributed by atoms with Gasteiger partial charge in [0.15, 0.2) is 6.29 Å². The SMILES string of the molecule is CCCCCCCCCCCCCCCCCCC1=C(P(=O)(OC)OC(C)O)OC(=O)C1.c1cscn1. The van der Waals surface area contributed by atoms with E-state index in [9.17, 15) is 14.5 Å². The van der Waals surface area contributed by atoms with Crippen LogP contribution in [-0.4, -0.2) is 29.5 Å². The van der Waals surface area contributed by atoms with Crippen LogP contribution in [0.5, 0.6) is 0 Å². The van der Waals surface area contributed by atoms with Gasteiger partial charge in [-0.3, -0.25) is 18.9 Å². The summed E-state index contributed by atoms with van der Waals surface area (Å²) in [5, 5.41) is 11.3. The van der Waals surface area contributed by atoms with Crippen molar-refractivity contribution in [1.82, 2.24) is 4.98 Å². The fraction of sp³-hybridized carbons (Fsp3) is 0.786. The molecule has 0 fully saturated rings. The van der Waals surface area contributed by atoms with Crippen LogP contribution < -0.4 is 0 Å². The van der Waals surface area contributed by atoms with Crippen LogP contribution in [0, 0.1) is 0 Å². The molecule has 9 heteroatoms. The first-order valence-corrected chi connectivity index (χ1v) is 16.7. The third kappa shape index (κ3) is 16.5. The molecule has 0 saturated carbocycles. The molecule has 1 aliphatic heterocycles. The number of aromatic nitrogens is 1. The smallest absolute Gasteiger partial charge is 0.398 e. The van der Waals surface area contributed by atoms with Crippen molar-refractivity contribution in [3.63, 3.8) is 0 Å². The Hall–Kier alpha value is -1.05. The van der Waals surface area contributed by atoms with Gasteiger partial charge in [0.1, 0.15) is 0 Å². The quantitative estimate of drug-likeness (QED) is 0.0694. The summed E-state index contributed by atoms with van der Waals surface area (Å²) in [5.74, 6) is -0.446. The van der Waals surface area contributed by atoms with Crippen LogP contribution in [0.2, 0.25) is 0 Å². The highest BCUT2D eigenvalue weighted by molar-refractivity contribution is 7.58. The summed E-state index contributed by atoms with van der Waals surface area (Å²) >= 11 is 1.60. The van der Waals surface area contributed by atoms with E-state index in [0.717, 1.165) is 12.8 Å². The number of aliphatic hydroxyl groups excluding tert-OH is 1. The lowest BCUT2D eigenvalue weighted by molar-refractivity contribution is -0.136. The van der Waals surface area contributed by atoms with Crippen molar-refractivity contribution in [3.8, 4) is 0 Å². The topological polar surface area (TPSA) is 95.0 Å². The highest BCUT2D eigenvalue weighted by Gasteiger charge is 2.41. The van der Waals surface area contributed by atoms with Gasteiger partial charge in [0, 0.05) is 18.7 Å². The number of ether oxygens (including phenoxy) is 1. The number of carbonyl (C=O) groups is 1. The summed E-state index contributed by atoms with van der Waals surface area (Å²) < 4.78 is 27.9. The van der Waals surface area contributed by atoms with Crippen molar-refractivity contribution >= 4 is 24.9 Å². The van der Waals surface area contributed by atoms with Crippen LogP contribution in [0.1, 0.15) is 129 Å². The molecular weight excluding hydrogens is 509 g/mol. The zero-order chi connectivity index (χ0) is 27.2. The van der Waals surface area contributed by atoms with Crippen LogP contribution in [-0.2, 0) is 23.1 Å². The van der Waals surface area contributed by atoms with Gasteiger partial charge in [-0.15, -0.1) is 11.3 Å². The minimum absolute atomic E-state index is 0.0214. The molecule has 7 nitrogen and oxygen atoms in total. The van der Waals surface area contributed by atoms with E-state index in [0.29, 0.717) is 12.0 Å². The monoisotopic (exact) mass is 559 g/mol. The second-order valence-corrected chi connectivity index (χ2v) is 12.4. The van der Waals surface area contributed by atoms with Gasteiger partial charge in [0.25, 0.3) is 0 Å². The van der Waals surface area contributed by atoms with Crippen LogP contribution in [0.25, 0.3) is 0 Å². The molecule has 37 heavy (non-hydrogen) atoms. The summed E-state index contributed by atoms with van der Waals surface area (Å²) in [4.78, 5) is 15.5. The second-order valence-electron chi connectivity index (χ2n) is 9.67. The molecule has 2 atom stereocenters. The Morgan fingerprint density at radius 2 is 1.49 bits per heavy atom. The maximum atomic E-state index is 12.8. The Morgan fingerprint density at radius 3 is 1.86 bits per heavy atom. The average molecular weight is 560 g/mol. The summed E-state index contributed by atoms with van der Waals surface area (Å²) in [7, 11) is -2.57. The maximum Gasteiger partial charge on any atom is 0.398 e. The molecule has 214 valence electrons. The molecule has 0 aromatic carbocycles. The Balaban J connectivity index is 0.00000121. The van der Waals surface area contributed by atoms with Crippen molar-refractivity contribution in [3.05, 3.63) is 28.2 Å². The summed E-state index contributed by atoms with van der Waals surface area (Å²) in [6, 6.07) is 0. The molecule has 1 N–H and O–H groups in total. The first-order chi connectivity index (χ1) is 17.9. The maximum absolute atomic E-state index is 12.8. The van der Waals surface area contributed by atoms with Gasteiger partial charge in [0.05, 0.1) is 11.9 Å². The number of unbranched alkanes of at least 4 members (excludes halogenated alkanes) is 15. The van der Waals surface area contributed by atoms with Gasteiger partial charge in [-0.1, -0.05) is 103 Å². The number of esters is 1. The lowest BCUT2D eigenvalue weighted by atomic mass is 10.0. The minimum Gasteiger partial charge on any atom is -0.418 e. The highest BCUT2D eigenvalue weighted by atomic mass is 32.1. The van der Waals surface area contributed by atoms with Gasteiger partial charge in [-0.2, -0.15) is 0 Å². The van der Waals surface area contributed by atoms with E-state index < -0.39 is 19.9 Å². The van der Waals surface area contributed by atoms with Gasteiger partial charge in [-0.05, 0) is 25.3 Å². The van der Waals surface area contributed by atoms with Crippen molar-refractivity contribution in [2.45, 2.75) is 136 Å². The van der Waals surface area contributed by atoms with Gasteiger partial charge >= 0.3 is 13.6 Å². The standard InChI is InChI=1S/C25H47O6P.C3H3NS/c1-4-5-6-7-8-9-10-11-12-13-14-15-16-17-18-19-20-23-21-24(27)30-25(23)32(28,29-3)31-22(2)26;1-2-5-3-4-1/h22,26H,4-21H2,1-3H3;1-3H. The number of hydrogen-bond acceptors (Lipinski definition) is 8. The van der Waals surface area contributed by atoms with E-state index in [4.69, 9.17) is 13.8 Å². The lowest BCUT2D eigenvalue weighted by Gasteiger charge is -2.19. The van der Waals surface area contributed by atoms with Crippen LogP contribution in [0.4, 0.5) is 0 Å². The van der Waals surface area contributed by atoms with E-state index in [1.54, 1.807) is 23.0 Å². The van der Waals surface area contributed by atoms with Gasteiger partial charge in [0.2, 0.25) is 5.50 Å². The zero-order valence-corrected chi connectivity index (χ0v) is 25.0. The van der Waals surface area contributed by atoms with E-state index in [2.05, 4.69) is 11.9 Å². The molecule has 2 heterocycles. The molecule has 0 radical (unpaired) electrons. The number of aliphatic hydroxyl groups is 1. The van der Waals surface area contributed by atoms with E-state index in [-0.39, 0.29) is 11.9 Å². The fourth-order valence-corrected chi connectivity index (χ4v) is 6.24. The van der Waals surface area contributed by atoms with Crippen LogP contribution >= 0.6 is 18.9 Å². The summed E-state index contributed by atoms with van der Waals surface area (Å²) in [6.45, 7) is 3.61. The van der Waals surface area contributed by atoms with Crippen molar-refractivity contribution in [1.29, 1.82) is 0 Å². The molecule has 0 saturated heterocycles. The number of hydrogen-bond donors (Lipinski definition) is 1. The fourth-order valence-electron chi connectivity index (χ4n) is 4.35. The number of thiazole rings is 1. The van der Waals surface area contributed by atoms with Gasteiger partial charge < -0.3 is 14.4 Å².